The average molecular weight is 194 g/mol. The molecular formula is C12H22N2. The van der Waals surface area contributed by atoms with Gasteiger partial charge in [-0.1, -0.05) is 19.8 Å². The summed E-state index contributed by atoms with van der Waals surface area (Å²) in [5, 5.41) is 3.42. The van der Waals surface area contributed by atoms with Crippen LogP contribution in [0.15, 0.2) is 0 Å². The first-order chi connectivity index (χ1) is 6.63. The van der Waals surface area contributed by atoms with E-state index in [2.05, 4.69) is 25.1 Å². The topological polar surface area (TPSA) is 38.0 Å². The molecule has 1 aliphatic carbocycles. The highest BCUT2D eigenvalue weighted by Crippen LogP contribution is 2.35. The van der Waals surface area contributed by atoms with Crippen LogP contribution in [0.25, 0.3) is 0 Å². The maximum Gasteiger partial charge on any atom is 0.0578 e. The first kappa shape index (κ1) is 11.6. The smallest absolute Gasteiger partial charge is 0.0578 e. The molecule has 0 heterocycles. The number of terminal acetylenes is 1. The minimum Gasteiger partial charge on any atom is -0.329 e. The van der Waals surface area contributed by atoms with Crippen LogP contribution in [0.2, 0.25) is 0 Å². The van der Waals surface area contributed by atoms with E-state index in [1.54, 1.807) is 0 Å². The van der Waals surface area contributed by atoms with Crippen LogP contribution >= 0.6 is 0 Å². The van der Waals surface area contributed by atoms with Crippen molar-refractivity contribution in [3.05, 3.63) is 0 Å². The largest absolute Gasteiger partial charge is 0.329 e. The van der Waals surface area contributed by atoms with Crippen molar-refractivity contribution >= 4 is 0 Å². The third kappa shape index (κ3) is 2.50. The molecule has 0 amide bonds. The Labute approximate surface area is 87.6 Å². The van der Waals surface area contributed by atoms with Gasteiger partial charge in [0.05, 0.1) is 6.54 Å². The van der Waals surface area contributed by atoms with Crippen molar-refractivity contribution in [3.8, 4) is 12.3 Å². The second-order valence-corrected chi connectivity index (χ2v) is 4.74. The molecule has 0 spiro atoms. The second kappa shape index (κ2) is 4.82. The van der Waals surface area contributed by atoms with E-state index in [9.17, 15) is 0 Å². The van der Waals surface area contributed by atoms with E-state index in [0.29, 0.717) is 13.1 Å². The molecule has 3 atom stereocenters. The number of nitrogens with one attached hydrogen (secondary N) is 1. The van der Waals surface area contributed by atoms with Crippen LogP contribution in [0.5, 0.6) is 0 Å². The van der Waals surface area contributed by atoms with Gasteiger partial charge in [0.15, 0.2) is 0 Å². The Kier molecular flexibility index (Phi) is 3.97. The summed E-state index contributed by atoms with van der Waals surface area (Å²) in [6.45, 7) is 5.97. The fourth-order valence-electron chi connectivity index (χ4n) is 2.36. The Morgan fingerprint density at radius 1 is 1.50 bits per heavy atom. The van der Waals surface area contributed by atoms with Gasteiger partial charge in [0.25, 0.3) is 0 Å². The fraction of sp³-hybridized carbons (Fsp3) is 0.833. The zero-order valence-corrected chi connectivity index (χ0v) is 9.34. The molecule has 1 rings (SSSR count). The van der Waals surface area contributed by atoms with E-state index in [0.717, 1.165) is 24.7 Å². The first-order valence-corrected chi connectivity index (χ1v) is 5.52. The van der Waals surface area contributed by atoms with E-state index >= 15 is 0 Å². The number of rotatable bonds is 3. The van der Waals surface area contributed by atoms with E-state index < -0.39 is 0 Å². The van der Waals surface area contributed by atoms with E-state index in [1.165, 1.54) is 6.42 Å². The molecule has 3 N–H and O–H groups in total. The Bertz CT molecular complexity index is 219. The minimum absolute atomic E-state index is 0.109. The second-order valence-electron chi connectivity index (χ2n) is 4.74. The van der Waals surface area contributed by atoms with E-state index in [-0.39, 0.29) is 5.54 Å². The summed E-state index contributed by atoms with van der Waals surface area (Å²) >= 11 is 0. The van der Waals surface area contributed by atoms with Crippen molar-refractivity contribution in [2.45, 2.75) is 38.6 Å². The summed E-state index contributed by atoms with van der Waals surface area (Å²) in [7, 11) is 0. The lowest BCUT2D eigenvalue weighted by atomic mass is 9.71. The Balaban J connectivity index is 2.58. The molecule has 3 unspecified atom stereocenters. The molecule has 0 bridgehead atoms. The minimum atomic E-state index is 0.109. The molecule has 1 aliphatic rings. The molecule has 80 valence electrons. The van der Waals surface area contributed by atoms with Gasteiger partial charge in [-0.25, -0.2) is 0 Å². The van der Waals surface area contributed by atoms with Gasteiger partial charge in [-0.05, 0) is 31.1 Å². The molecule has 0 aromatic rings. The van der Waals surface area contributed by atoms with Crippen molar-refractivity contribution in [3.63, 3.8) is 0 Å². The zero-order valence-electron chi connectivity index (χ0n) is 9.34. The standard InChI is InChI=1S/C12H22N2/c1-4-7-14-12(9-13)6-5-10(2)11(3)8-12/h1,10-11,14H,5-9,13H2,2-3H3. The first-order valence-electron chi connectivity index (χ1n) is 5.52. The highest BCUT2D eigenvalue weighted by atomic mass is 15.0. The van der Waals surface area contributed by atoms with Crippen LogP contribution in [0.4, 0.5) is 0 Å². The lowest BCUT2D eigenvalue weighted by molar-refractivity contribution is 0.151. The third-order valence-electron chi connectivity index (χ3n) is 3.72. The normalized spacial score (nSPS) is 37.9. The van der Waals surface area contributed by atoms with Crippen molar-refractivity contribution in [1.29, 1.82) is 0 Å². The Morgan fingerprint density at radius 2 is 2.21 bits per heavy atom. The highest BCUT2D eigenvalue weighted by Gasteiger charge is 2.35. The Hall–Kier alpha value is -0.520. The van der Waals surface area contributed by atoms with Gasteiger partial charge in [0.1, 0.15) is 0 Å². The highest BCUT2D eigenvalue weighted by molar-refractivity contribution is 4.99. The number of hydrogen-bond acceptors (Lipinski definition) is 2. The van der Waals surface area contributed by atoms with Crippen molar-refractivity contribution in [2.24, 2.45) is 17.6 Å². The average Bonchev–Trinajstić information content (AvgIpc) is 2.20. The number of nitrogens with two attached hydrogens (primary N) is 1. The molecule has 0 aliphatic heterocycles. The summed E-state index contributed by atoms with van der Waals surface area (Å²) in [4.78, 5) is 0. The van der Waals surface area contributed by atoms with Crippen molar-refractivity contribution < 1.29 is 0 Å². The van der Waals surface area contributed by atoms with Gasteiger partial charge in [-0.2, -0.15) is 0 Å². The predicted molar refractivity (Wildman–Crippen MR) is 60.8 cm³/mol. The molecule has 0 aromatic carbocycles. The maximum absolute atomic E-state index is 5.86. The third-order valence-corrected chi connectivity index (χ3v) is 3.72. The van der Waals surface area contributed by atoms with Gasteiger partial charge >= 0.3 is 0 Å². The monoisotopic (exact) mass is 194 g/mol. The van der Waals surface area contributed by atoms with Crippen LogP contribution in [-0.2, 0) is 0 Å². The van der Waals surface area contributed by atoms with Gasteiger partial charge < -0.3 is 5.73 Å². The van der Waals surface area contributed by atoms with E-state index in [1.807, 2.05) is 0 Å². The molecule has 14 heavy (non-hydrogen) atoms. The molecule has 2 heteroatoms. The SMILES string of the molecule is C#CCNC1(CN)CCC(C)C(C)C1. The molecule has 1 fully saturated rings. The maximum atomic E-state index is 5.86. The lowest BCUT2D eigenvalue weighted by Crippen LogP contribution is -2.55. The molecule has 0 radical (unpaired) electrons. The molecule has 0 saturated heterocycles. The van der Waals surface area contributed by atoms with Crippen LogP contribution in [-0.4, -0.2) is 18.6 Å². The van der Waals surface area contributed by atoms with Crippen molar-refractivity contribution in [2.75, 3.05) is 13.1 Å². The van der Waals surface area contributed by atoms with E-state index in [4.69, 9.17) is 12.2 Å². The van der Waals surface area contributed by atoms with Crippen LogP contribution in [0, 0.1) is 24.2 Å². The predicted octanol–water partition coefficient (Wildman–Crippen LogP) is 1.36. The number of hydrogen-bond donors (Lipinski definition) is 2. The summed E-state index contributed by atoms with van der Waals surface area (Å²) in [5.74, 6) is 4.20. The van der Waals surface area contributed by atoms with Gasteiger partial charge in [-0.15, -0.1) is 6.42 Å². The summed E-state index contributed by atoms with van der Waals surface area (Å²) in [5.41, 5.74) is 5.97. The molecule has 0 aromatic heterocycles. The molecule has 2 nitrogen and oxygen atoms in total. The Morgan fingerprint density at radius 3 is 2.71 bits per heavy atom. The van der Waals surface area contributed by atoms with Crippen LogP contribution in [0.1, 0.15) is 33.1 Å². The summed E-state index contributed by atoms with van der Waals surface area (Å²) in [6, 6.07) is 0. The fourth-order valence-corrected chi connectivity index (χ4v) is 2.36. The van der Waals surface area contributed by atoms with Gasteiger partial charge in [0, 0.05) is 12.1 Å². The van der Waals surface area contributed by atoms with Crippen molar-refractivity contribution in [1.82, 2.24) is 5.32 Å². The lowest BCUT2D eigenvalue weighted by Gasteiger charge is -2.42. The molecule has 1 saturated carbocycles. The van der Waals surface area contributed by atoms with Crippen LogP contribution < -0.4 is 11.1 Å². The van der Waals surface area contributed by atoms with Gasteiger partial charge in [-0.3, -0.25) is 5.32 Å². The summed E-state index contributed by atoms with van der Waals surface area (Å²) in [6.07, 6.45) is 8.85. The molecular weight excluding hydrogens is 172 g/mol. The zero-order chi connectivity index (χ0) is 10.6. The van der Waals surface area contributed by atoms with Gasteiger partial charge in [0.2, 0.25) is 0 Å². The quantitative estimate of drug-likeness (QED) is 0.666. The summed E-state index contributed by atoms with van der Waals surface area (Å²) < 4.78 is 0. The van der Waals surface area contributed by atoms with Crippen LogP contribution in [0.3, 0.4) is 0 Å².